The van der Waals surface area contributed by atoms with E-state index >= 15 is 0 Å². The van der Waals surface area contributed by atoms with Crippen LogP contribution in [-0.4, -0.2) is 23.1 Å². The molecule has 0 bridgehead atoms. The summed E-state index contributed by atoms with van der Waals surface area (Å²) in [6.07, 6.45) is 3.39. The van der Waals surface area contributed by atoms with Crippen LogP contribution in [0.15, 0.2) is 60.9 Å². The lowest BCUT2D eigenvalue weighted by atomic mass is 10.1. The first-order valence-corrected chi connectivity index (χ1v) is 9.24. The van der Waals surface area contributed by atoms with Gasteiger partial charge in [0.15, 0.2) is 0 Å². The van der Waals surface area contributed by atoms with E-state index in [4.69, 9.17) is 28.0 Å². The maximum atomic E-state index is 12.1. The van der Waals surface area contributed by atoms with Gasteiger partial charge in [0.05, 0.1) is 11.9 Å². The minimum atomic E-state index is -0.539. The third kappa shape index (κ3) is 4.83. The van der Waals surface area contributed by atoms with Crippen LogP contribution in [0.5, 0.6) is 5.75 Å². The van der Waals surface area contributed by atoms with Crippen LogP contribution < -0.4 is 21.4 Å². The van der Waals surface area contributed by atoms with Crippen LogP contribution >= 0.6 is 11.6 Å². The van der Waals surface area contributed by atoms with Crippen molar-refractivity contribution >= 4 is 23.3 Å². The number of hydrazine groups is 2. The second-order valence-corrected chi connectivity index (χ2v) is 6.98. The summed E-state index contributed by atoms with van der Waals surface area (Å²) in [4.78, 5) is 16.4. The number of hydrogen-bond donors (Lipinski definition) is 2. The van der Waals surface area contributed by atoms with E-state index in [9.17, 15) is 4.79 Å². The number of anilines is 1. The quantitative estimate of drug-likeness (QED) is 0.377. The van der Waals surface area contributed by atoms with E-state index in [0.29, 0.717) is 16.5 Å². The normalized spacial score (nSPS) is 10.5. The third-order valence-corrected chi connectivity index (χ3v) is 4.68. The second-order valence-electron chi connectivity index (χ2n) is 6.54. The zero-order valence-corrected chi connectivity index (χ0v) is 16.9. The van der Waals surface area contributed by atoms with Gasteiger partial charge in [0.1, 0.15) is 12.4 Å². The Balaban J connectivity index is 1.83. The van der Waals surface area contributed by atoms with Gasteiger partial charge in [-0.25, -0.2) is 21.5 Å². The first-order valence-electron chi connectivity index (χ1n) is 8.86. The Morgan fingerprint density at radius 3 is 2.52 bits per heavy atom. The largest absolute Gasteiger partial charge is 0.487 e. The van der Waals surface area contributed by atoms with Crippen molar-refractivity contribution in [3.05, 3.63) is 77.1 Å². The Bertz CT molecular complexity index is 1010. The van der Waals surface area contributed by atoms with E-state index in [-0.39, 0.29) is 6.61 Å². The minimum absolute atomic E-state index is 0.211. The Labute approximate surface area is 174 Å². The summed E-state index contributed by atoms with van der Waals surface area (Å²) in [5.41, 5.74) is 4.13. The van der Waals surface area contributed by atoms with Crippen LogP contribution in [0.1, 0.15) is 11.1 Å². The van der Waals surface area contributed by atoms with Crippen molar-refractivity contribution in [2.45, 2.75) is 13.5 Å². The van der Waals surface area contributed by atoms with Crippen LogP contribution in [0.3, 0.4) is 0 Å². The van der Waals surface area contributed by atoms with Gasteiger partial charge < -0.3 is 4.74 Å². The maximum Gasteiger partial charge on any atom is 0.352 e. The van der Waals surface area contributed by atoms with Crippen LogP contribution in [0.4, 0.5) is 10.5 Å². The molecule has 29 heavy (non-hydrogen) atoms. The van der Waals surface area contributed by atoms with Crippen LogP contribution in [0.25, 0.3) is 11.1 Å². The number of amides is 2. The Kier molecular flexibility index (Phi) is 6.33. The number of aryl methyl sites for hydroxylation is 1. The number of aromatic nitrogens is 1. The summed E-state index contributed by atoms with van der Waals surface area (Å²) < 4.78 is 5.96. The summed E-state index contributed by atoms with van der Waals surface area (Å²) in [6, 6.07) is 14.3. The molecule has 0 aliphatic rings. The molecule has 150 valence electrons. The lowest BCUT2D eigenvalue weighted by Crippen LogP contribution is -2.49. The van der Waals surface area contributed by atoms with Crippen molar-refractivity contribution in [2.75, 3.05) is 12.1 Å². The number of urea groups is 1. The average Bonchev–Trinajstić information content (AvgIpc) is 2.72. The van der Waals surface area contributed by atoms with Gasteiger partial charge in [-0.2, -0.15) is 0 Å². The number of ether oxygens (including phenoxy) is 1. The maximum absolute atomic E-state index is 12.1. The molecule has 8 heteroatoms. The van der Waals surface area contributed by atoms with Gasteiger partial charge in [0.25, 0.3) is 0 Å². The molecule has 0 saturated heterocycles. The number of carbonyl (C=O) groups excluding carboxylic acids is 1. The minimum Gasteiger partial charge on any atom is -0.487 e. The van der Waals surface area contributed by atoms with E-state index in [2.05, 4.69) is 4.98 Å². The van der Waals surface area contributed by atoms with E-state index in [0.717, 1.165) is 32.3 Å². The molecule has 4 N–H and O–H groups in total. The van der Waals surface area contributed by atoms with E-state index in [1.165, 1.54) is 7.05 Å². The molecule has 0 radical (unpaired) electrons. The monoisotopic (exact) mass is 411 g/mol. The van der Waals surface area contributed by atoms with Crippen LogP contribution in [0, 0.1) is 6.92 Å². The highest BCUT2D eigenvalue weighted by Crippen LogP contribution is 2.27. The number of benzene rings is 2. The molecule has 1 heterocycles. The molecule has 7 nitrogen and oxygen atoms in total. The van der Waals surface area contributed by atoms with Gasteiger partial charge in [0, 0.05) is 29.4 Å². The third-order valence-electron chi connectivity index (χ3n) is 4.43. The van der Waals surface area contributed by atoms with E-state index < -0.39 is 6.03 Å². The van der Waals surface area contributed by atoms with Crippen molar-refractivity contribution in [3.63, 3.8) is 0 Å². The Morgan fingerprint density at radius 1 is 1.10 bits per heavy atom. The molecule has 0 fully saturated rings. The lowest BCUT2D eigenvalue weighted by Gasteiger charge is -2.24. The SMILES string of the molecule is Cc1cccc(N(N)C(=O)N(C)N)c1COc1cncc(-c2ccc(Cl)cc2)c1. The zero-order chi connectivity index (χ0) is 21.0. The number of pyridine rings is 1. The molecule has 2 aromatic carbocycles. The molecule has 0 aliphatic carbocycles. The van der Waals surface area contributed by atoms with Gasteiger partial charge in [0.2, 0.25) is 0 Å². The first-order chi connectivity index (χ1) is 13.9. The fourth-order valence-corrected chi connectivity index (χ4v) is 2.95. The van der Waals surface area contributed by atoms with E-state index in [1.54, 1.807) is 18.5 Å². The number of nitrogens with zero attached hydrogens (tertiary/aromatic N) is 3. The standard InChI is InChI=1S/C21H22ClN5O2/c1-14-4-3-5-20(27(24)21(28)26(2)23)19(14)13-29-18-10-16(11-25-12-18)15-6-8-17(22)9-7-15/h3-12H,13,23-24H2,1-2H3. The number of halogens is 1. The molecular formula is C21H22ClN5O2. The molecule has 1 aromatic heterocycles. The summed E-state index contributed by atoms with van der Waals surface area (Å²) >= 11 is 5.96. The molecule has 3 aromatic rings. The molecule has 3 rings (SSSR count). The van der Waals surface area contributed by atoms with Gasteiger partial charge in [-0.05, 0) is 42.3 Å². The first kappa shape index (κ1) is 20.6. The van der Waals surface area contributed by atoms with Crippen molar-refractivity contribution in [3.8, 4) is 16.9 Å². The van der Waals surface area contributed by atoms with Crippen LogP contribution in [0.2, 0.25) is 5.02 Å². The molecule has 0 atom stereocenters. The topological polar surface area (TPSA) is 97.7 Å². The van der Waals surface area contributed by atoms with E-state index in [1.807, 2.05) is 49.4 Å². The Hall–Kier alpha value is -3.13. The fraction of sp³-hybridized carbons (Fsp3) is 0.143. The van der Waals surface area contributed by atoms with Crippen molar-refractivity contribution in [1.29, 1.82) is 0 Å². The molecule has 2 amide bonds. The summed E-state index contributed by atoms with van der Waals surface area (Å²) in [5, 5.41) is 2.60. The molecule has 0 spiro atoms. The molecule has 0 unspecified atom stereocenters. The molecule has 0 aliphatic heterocycles. The summed E-state index contributed by atoms with van der Waals surface area (Å²) in [7, 11) is 1.43. The number of carbonyl (C=O) groups is 1. The smallest absolute Gasteiger partial charge is 0.352 e. The molecule has 0 saturated carbocycles. The number of hydrogen-bond acceptors (Lipinski definition) is 5. The predicted octanol–water partition coefficient (Wildman–Crippen LogP) is 3.90. The predicted molar refractivity (Wildman–Crippen MR) is 114 cm³/mol. The highest BCUT2D eigenvalue weighted by Gasteiger charge is 2.19. The lowest BCUT2D eigenvalue weighted by molar-refractivity contribution is 0.216. The average molecular weight is 412 g/mol. The van der Waals surface area contributed by atoms with Gasteiger partial charge in [-0.3, -0.25) is 9.99 Å². The van der Waals surface area contributed by atoms with Crippen molar-refractivity contribution in [2.24, 2.45) is 11.7 Å². The second kappa shape index (κ2) is 8.91. The number of rotatable bonds is 5. The Morgan fingerprint density at radius 2 is 1.83 bits per heavy atom. The number of nitrogens with two attached hydrogens (primary N) is 2. The summed E-state index contributed by atoms with van der Waals surface area (Å²) in [5.74, 6) is 12.1. The highest BCUT2D eigenvalue weighted by atomic mass is 35.5. The van der Waals surface area contributed by atoms with Gasteiger partial charge in [-0.15, -0.1) is 0 Å². The van der Waals surface area contributed by atoms with Crippen LogP contribution in [-0.2, 0) is 6.61 Å². The fourth-order valence-electron chi connectivity index (χ4n) is 2.83. The molecular weight excluding hydrogens is 390 g/mol. The van der Waals surface area contributed by atoms with Gasteiger partial charge in [-0.1, -0.05) is 35.9 Å². The highest BCUT2D eigenvalue weighted by molar-refractivity contribution is 6.30. The zero-order valence-electron chi connectivity index (χ0n) is 16.2. The van der Waals surface area contributed by atoms with Crippen molar-refractivity contribution < 1.29 is 9.53 Å². The van der Waals surface area contributed by atoms with Crippen molar-refractivity contribution in [1.82, 2.24) is 9.99 Å². The van der Waals surface area contributed by atoms with Gasteiger partial charge >= 0.3 is 6.03 Å². The summed E-state index contributed by atoms with van der Waals surface area (Å²) in [6.45, 7) is 2.14.